The number of nitrogens with zero attached hydrogens (tertiary/aromatic N) is 2. The third-order valence-corrected chi connectivity index (χ3v) is 4.32. The van der Waals surface area contributed by atoms with Crippen molar-refractivity contribution in [2.45, 2.75) is 12.8 Å². The first kappa shape index (κ1) is 17.1. The highest BCUT2D eigenvalue weighted by atomic mass is 19.4. The first-order valence-corrected chi connectivity index (χ1v) is 8.32. The number of halogens is 3. The van der Waals surface area contributed by atoms with Crippen molar-refractivity contribution in [2.24, 2.45) is 0 Å². The van der Waals surface area contributed by atoms with Crippen LogP contribution in [0.2, 0.25) is 0 Å². The van der Waals surface area contributed by atoms with Crippen LogP contribution in [0.3, 0.4) is 0 Å². The van der Waals surface area contributed by atoms with Crippen LogP contribution < -0.4 is 4.74 Å². The van der Waals surface area contributed by atoms with Crippen LogP contribution in [0.4, 0.5) is 13.2 Å². The number of benzene rings is 2. The second-order valence-electron chi connectivity index (χ2n) is 6.03. The van der Waals surface area contributed by atoms with E-state index in [4.69, 9.17) is 4.74 Å². The van der Waals surface area contributed by atoms with E-state index in [2.05, 4.69) is 4.98 Å². The van der Waals surface area contributed by atoms with Crippen molar-refractivity contribution < 1.29 is 17.9 Å². The Balaban J connectivity index is 1.66. The molecule has 0 unspecified atom stereocenters. The number of ether oxygens (including phenoxy) is 1. The molecular weight excluding hydrogens is 353 g/mol. The summed E-state index contributed by atoms with van der Waals surface area (Å²) >= 11 is 0. The highest BCUT2D eigenvalue weighted by Gasteiger charge is 2.33. The summed E-state index contributed by atoms with van der Waals surface area (Å²) in [6.45, 7) is 0.140. The molecule has 0 fully saturated rings. The normalized spacial score (nSPS) is 11.7. The van der Waals surface area contributed by atoms with Gasteiger partial charge in [0.25, 0.3) is 0 Å². The Bertz CT molecular complexity index is 1080. The zero-order valence-corrected chi connectivity index (χ0v) is 14.1. The molecule has 0 radical (unpaired) electrons. The summed E-state index contributed by atoms with van der Waals surface area (Å²) in [7, 11) is 0. The summed E-state index contributed by atoms with van der Waals surface area (Å²) in [6.07, 6.45) is 0.597. The zero-order valence-electron chi connectivity index (χ0n) is 14.1. The summed E-state index contributed by atoms with van der Waals surface area (Å²) in [5.74, 6) is 0.659. The molecule has 4 aromatic rings. The van der Waals surface area contributed by atoms with E-state index in [1.165, 1.54) is 16.7 Å². The molecule has 2 aromatic carbocycles. The zero-order chi connectivity index (χ0) is 18.9. The number of rotatable bonds is 4. The number of aromatic nitrogens is 2. The van der Waals surface area contributed by atoms with E-state index in [0.29, 0.717) is 11.4 Å². The van der Waals surface area contributed by atoms with Crippen LogP contribution >= 0.6 is 0 Å². The van der Waals surface area contributed by atoms with E-state index in [1.54, 1.807) is 36.8 Å². The van der Waals surface area contributed by atoms with Gasteiger partial charge in [0.15, 0.2) is 0 Å². The van der Waals surface area contributed by atoms with Gasteiger partial charge in [-0.3, -0.25) is 4.98 Å². The first-order valence-electron chi connectivity index (χ1n) is 8.32. The van der Waals surface area contributed by atoms with Crippen LogP contribution in [0, 0.1) is 0 Å². The molecule has 136 valence electrons. The minimum absolute atomic E-state index is 0.0794. The van der Waals surface area contributed by atoms with Crippen LogP contribution in [0.25, 0.3) is 16.5 Å². The molecule has 0 aliphatic carbocycles. The quantitative estimate of drug-likeness (QED) is 0.467. The minimum Gasteiger partial charge on any atom is -0.487 e. The summed E-state index contributed by atoms with van der Waals surface area (Å²) in [4.78, 5) is 4.08. The van der Waals surface area contributed by atoms with Crippen LogP contribution in [-0.4, -0.2) is 9.55 Å². The summed E-state index contributed by atoms with van der Waals surface area (Å²) < 4.78 is 47.5. The number of hydrogen-bond acceptors (Lipinski definition) is 2. The Labute approximate surface area is 153 Å². The Morgan fingerprint density at radius 1 is 0.926 bits per heavy atom. The third-order valence-electron chi connectivity index (χ3n) is 4.32. The highest BCUT2D eigenvalue weighted by molar-refractivity contribution is 5.87. The molecule has 27 heavy (non-hydrogen) atoms. The lowest BCUT2D eigenvalue weighted by molar-refractivity contribution is -0.137. The molecule has 3 nitrogen and oxygen atoms in total. The highest BCUT2D eigenvalue weighted by Crippen LogP contribution is 2.34. The van der Waals surface area contributed by atoms with Gasteiger partial charge >= 0.3 is 6.18 Å². The van der Waals surface area contributed by atoms with Crippen molar-refractivity contribution in [3.63, 3.8) is 0 Å². The smallest absolute Gasteiger partial charge is 0.418 e. The molecule has 2 aromatic heterocycles. The van der Waals surface area contributed by atoms with Crippen LogP contribution in [-0.2, 0) is 12.8 Å². The number of pyridine rings is 1. The average Bonchev–Trinajstić information content (AvgIpc) is 3.14. The largest absolute Gasteiger partial charge is 0.487 e. The number of fused-ring (bicyclic) bond motifs is 1. The molecule has 0 bridgehead atoms. The maximum atomic E-state index is 13.3. The van der Waals surface area contributed by atoms with Crippen LogP contribution in [0.15, 0.2) is 79.3 Å². The Morgan fingerprint density at radius 3 is 2.63 bits per heavy atom. The van der Waals surface area contributed by atoms with Gasteiger partial charge in [0.1, 0.15) is 12.4 Å². The van der Waals surface area contributed by atoms with Gasteiger partial charge in [-0.05, 0) is 36.4 Å². The molecule has 0 spiro atoms. The molecule has 6 heteroatoms. The van der Waals surface area contributed by atoms with E-state index in [1.807, 2.05) is 24.3 Å². The molecular formula is C21H15F3N2O. The maximum absolute atomic E-state index is 13.3. The van der Waals surface area contributed by atoms with Gasteiger partial charge in [-0.1, -0.05) is 24.3 Å². The minimum atomic E-state index is -4.43. The summed E-state index contributed by atoms with van der Waals surface area (Å²) in [6, 6.07) is 16.4. The molecule has 0 atom stereocenters. The summed E-state index contributed by atoms with van der Waals surface area (Å²) in [5.41, 5.74) is 0.0205. The molecule has 0 amide bonds. The van der Waals surface area contributed by atoms with Crippen molar-refractivity contribution in [2.75, 3.05) is 0 Å². The Morgan fingerprint density at radius 2 is 1.78 bits per heavy atom. The molecule has 0 N–H and O–H groups in total. The molecule has 0 aliphatic rings. The van der Waals surface area contributed by atoms with E-state index in [-0.39, 0.29) is 12.3 Å². The molecule has 4 rings (SSSR count). The van der Waals surface area contributed by atoms with Crippen molar-refractivity contribution >= 4 is 10.8 Å². The van der Waals surface area contributed by atoms with Gasteiger partial charge in [-0.25, -0.2) is 0 Å². The second-order valence-corrected chi connectivity index (χ2v) is 6.03. The van der Waals surface area contributed by atoms with Gasteiger partial charge in [0.05, 0.1) is 16.9 Å². The summed E-state index contributed by atoms with van der Waals surface area (Å²) in [5, 5.41) is 1.84. The van der Waals surface area contributed by atoms with Crippen molar-refractivity contribution in [1.82, 2.24) is 9.55 Å². The number of para-hydroxylation sites is 1. The van der Waals surface area contributed by atoms with E-state index in [0.717, 1.165) is 16.8 Å². The van der Waals surface area contributed by atoms with Crippen molar-refractivity contribution in [3.05, 3.63) is 90.5 Å². The fourth-order valence-corrected chi connectivity index (χ4v) is 3.06. The lowest BCUT2D eigenvalue weighted by atomic mass is 10.1. The molecule has 0 saturated heterocycles. The monoisotopic (exact) mass is 368 g/mol. The Kier molecular flexibility index (Phi) is 4.32. The lowest BCUT2D eigenvalue weighted by Crippen LogP contribution is -2.12. The molecule has 2 heterocycles. The predicted octanol–water partition coefficient (Wildman–Crippen LogP) is 5.62. The van der Waals surface area contributed by atoms with Gasteiger partial charge in [-0.2, -0.15) is 13.2 Å². The standard InChI is InChI=1S/C21H15F3N2O/c22-21(23,24)18-7-1-2-8-19(18)26-12-4-6-16(26)14-27-20-9-3-5-15-13-25-11-10-17(15)20/h1-13H,14H2. The fraction of sp³-hybridized carbons (Fsp3) is 0.0952. The number of alkyl halides is 3. The lowest BCUT2D eigenvalue weighted by Gasteiger charge is -2.16. The first-order chi connectivity index (χ1) is 13.0. The van der Waals surface area contributed by atoms with Gasteiger partial charge < -0.3 is 9.30 Å². The van der Waals surface area contributed by atoms with E-state index in [9.17, 15) is 13.2 Å². The van der Waals surface area contributed by atoms with Crippen LogP contribution in [0.5, 0.6) is 5.75 Å². The van der Waals surface area contributed by atoms with Crippen molar-refractivity contribution in [3.8, 4) is 11.4 Å². The molecule has 0 saturated carbocycles. The van der Waals surface area contributed by atoms with E-state index < -0.39 is 11.7 Å². The predicted molar refractivity (Wildman–Crippen MR) is 96.8 cm³/mol. The third kappa shape index (κ3) is 3.38. The Hall–Kier alpha value is -3.28. The maximum Gasteiger partial charge on any atom is 0.418 e. The fourth-order valence-electron chi connectivity index (χ4n) is 3.06. The van der Waals surface area contributed by atoms with Gasteiger partial charge in [0.2, 0.25) is 0 Å². The SMILES string of the molecule is FC(F)(F)c1ccccc1-n1cccc1COc1cccc2cnccc12. The molecule has 0 aliphatic heterocycles. The van der Waals surface area contributed by atoms with Gasteiger partial charge in [-0.15, -0.1) is 0 Å². The number of hydrogen-bond donors (Lipinski definition) is 0. The second kappa shape index (κ2) is 6.79. The van der Waals surface area contributed by atoms with Crippen LogP contribution in [0.1, 0.15) is 11.3 Å². The van der Waals surface area contributed by atoms with Crippen molar-refractivity contribution in [1.29, 1.82) is 0 Å². The average molecular weight is 368 g/mol. The van der Waals surface area contributed by atoms with E-state index >= 15 is 0 Å². The topological polar surface area (TPSA) is 27.1 Å². The van der Waals surface area contributed by atoms with Gasteiger partial charge in [0, 0.05) is 29.4 Å².